The van der Waals surface area contributed by atoms with Crippen molar-refractivity contribution < 1.29 is 39.9 Å². The molecule has 1 N–H and O–H groups in total. The molecule has 258 valence electrons. The highest BCUT2D eigenvalue weighted by molar-refractivity contribution is 7.89. The van der Waals surface area contributed by atoms with E-state index in [1.807, 2.05) is 0 Å². The Morgan fingerprint density at radius 3 is 2.39 bits per heavy atom. The van der Waals surface area contributed by atoms with Gasteiger partial charge in [0, 0.05) is 24.7 Å². The minimum absolute atomic E-state index is 0.0578. The molecule has 0 aliphatic heterocycles. The highest BCUT2D eigenvalue weighted by Crippen LogP contribution is 2.36. The number of hydrogen-bond acceptors (Lipinski definition) is 5. The number of carbonyl (C=O) groups excluding carboxylic acids is 1. The van der Waals surface area contributed by atoms with E-state index in [4.69, 9.17) is 16.3 Å². The summed E-state index contributed by atoms with van der Waals surface area (Å²) in [7, 11) is -2.62. The first kappa shape index (κ1) is 35.8. The monoisotopic (exact) mass is 720 g/mol. The standard InChI is InChI=1S/C34H30ClF5N4O4S/c1-20-17-23(8-14-28(20)37)32-31(41-29-5-4-6-30(48-3)44(29)32)33(45)43(19-22-7-13-26(27(35)18-22)34(38,39)40)16-15-21(2)42-49(46,47)25-11-9-24(36)10-12-25/h4-14,17-18,21,42H,15-16,19H2,1-3H3. The van der Waals surface area contributed by atoms with E-state index in [2.05, 4.69) is 9.71 Å². The number of benzene rings is 3. The highest BCUT2D eigenvalue weighted by Gasteiger charge is 2.33. The van der Waals surface area contributed by atoms with Crippen LogP contribution < -0.4 is 9.46 Å². The molecule has 1 unspecified atom stereocenters. The van der Waals surface area contributed by atoms with Crippen molar-refractivity contribution in [2.45, 2.75) is 43.9 Å². The summed E-state index contributed by atoms with van der Waals surface area (Å²) in [6.07, 6.45) is -4.64. The number of amides is 1. The fourth-order valence-electron chi connectivity index (χ4n) is 5.29. The molecule has 49 heavy (non-hydrogen) atoms. The Balaban J connectivity index is 1.54. The third-order valence-electron chi connectivity index (χ3n) is 7.76. The number of sulfonamides is 1. The molecule has 1 atom stereocenters. The number of aromatic nitrogens is 2. The van der Waals surface area contributed by atoms with E-state index in [0.717, 1.165) is 36.4 Å². The van der Waals surface area contributed by atoms with Crippen molar-refractivity contribution in [3.05, 3.63) is 118 Å². The minimum atomic E-state index is -4.69. The second kappa shape index (κ2) is 14.1. The summed E-state index contributed by atoms with van der Waals surface area (Å²) in [6.45, 7) is 2.83. The lowest BCUT2D eigenvalue weighted by Crippen LogP contribution is -2.38. The maximum Gasteiger partial charge on any atom is 0.417 e. The van der Waals surface area contributed by atoms with Gasteiger partial charge in [0.25, 0.3) is 5.91 Å². The van der Waals surface area contributed by atoms with Gasteiger partial charge in [0.05, 0.1) is 28.3 Å². The number of rotatable bonds is 11. The van der Waals surface area contributed by atoms with Gasteiger partial charge in [-0.15, -0.1) is 0 Å². The predicted octanol–water partition coefficient (Wildman–Crippen LogP) is 7.67. The van der Waals surface area contributed by atoms with Crippen molar-refractivity contribution >= 4 is 33.2 Å². The molecular weight excluding hydrogens is 691 g/mol. The molecule has 15 heteroatoms. The molecule has 0 aliphatic rings. The zero-order chi connectivity index (χ0) is 35.7. The van der Waals surface area contributed by atoms with Crippen LogP contribution in [0.5, 0.6) is 5.88 Å². The summed E-state index contributed by atoms with van der Waals surface area (Å²) in [4.78, 5) is 20.2. The number of alkyl halides is 3. The van der Waals surface area contributed by atoms with Crippen molar-refractivity contribution in [3.63, 3.8) is 0 Å². The fourth-order valence-corrected chi connectivity index (χ4v) is 6.88. The number of nitrogens with one attached hydrogen (secondary N) is 1. The third kappa shape index (κ3) is 7.87. The first-order valence-electron chi connectivity index (χ1n) is 14.8. The zero-order valence-corrected chi connectivity index (χ0v) is 27.9. The van der Waals surface area contributed by atoms with Gasteiger partial charge in [-0.1, -0.05) is 23.7 Å². The summed E-state index contributed by atoms with van der Waals surface area (Å²) in [5, 5.41) is -0.558. The molecule has 0 aliphatic carbocycles. The number of ether oxygens (including phenoxy) is 1. The largest absolute Gasteiger partial charge is 0.482 e. The molecule has 0 bridgehead atoms. The van der Waals surface area contributed by atoms with Crippen molar-refractivity contribution in [2.24, 2.45) is 0 Å². The normalized spacial score (nSPS) is 12.7. The van der Waals surface area contributed by atoms with E-state index in [9.17, 15) is 35.2 Å². The van der Waals surface area contributed by atoms with Gasteiger partial charge in [-0.05, 0) is 98.1 Å². The van der Waals surface area contributed by atoms with Gasteiger partial charge in [-0.2, -0.15) is 13.2 Å². The predicted molar refractivity (Wildman–Crippen MR) is 174 cm³/mol. The molecule has 2 heterocycles. The van der Waals surface area contributed by atoms with E-state index in [0.29, 0.717) is 22.7 Å². The van der Waals surface area contributed by atoms with Crippen LogP contribution in [0, 0.1) is 18.6 Å². The number of carbonyl (C=O) groups is 1. The van der Waals surface area contributed by atoms with Crippen LogP contribution in [0.15, 0.2) is 83.8 Å². The third-order valence-corrected chi connectivity index (χ3v) is 9.68. The summed E-state index contributed by atoms with van der Waals surface area (Å²) in [5.74, 6) is -1.39. The molecule has 0 spiro atoms. The maximum absolute atomic E-state index is 14.5. The van der Waals surface area contributed by atoms with Crippen LogP contribution >= 0.6 is 11.6 Å². The number of pyridine rings is 1. The first-order chi connectivity index (χ1) is 23.1. The molecule has 5 rings (SSSR count). The Morgan fingerprint density at radius 1 is 1.04 bits per heavy atom. The summed E-state index contributed by atoms with van der Waals surface area (Å²) < 4.78 is 104. The number of aryl methyl sites for hydroxylation is 1. The second-order valence-electron chi connectivity index (χ2n) is 11.3. The van der Waals surface area contributed by atoms with Gasteiger partial charge >= 0.3 is 6.18 Å². The Morgan fingerprint density at radius 2 is 1.76 bits per heavy atom. The molecule has 0 radical (unpaired) electrons. The number of methoxy groups -OCH3 is 1. The maximum atomic E-state index is 14.5. The molecule has 8 nitrogen and oxygen atoms in total. The van der Waals surface area contributed by atoms with Crippen molar-refractivity contribution in [3.8, 4) is 17.1 Å². The highest BCUT2D eigenvalue weighted by atomic mass is 35.5. The summed E-state index contributed by atoms with van der Waals surface area (Å²) in [6, 6.07) is 15.9. The summed E-state index contributed by atoms with van der Waals surface area (Å²) in [5.41, 5.74) is 0.524. The lowest BCUT2D eigenvalue weighted by atomic mass is 10.1. The molecule has 1 amide bonds. The van der Waals surface area contributed by atoms with Crippen LogP contribution in [0.2, 0.25) is 5.02 Å². The SMILES string of the molecule is COc1cccc2nc(C(=O)N(CCC(C)NS(=O)(=O)c3ccc(F)cc3)Cc3ccc(C(F)(F)F)c(Cl)c3)c(-c3ccc(F)c(C)c3)n12. The molecular formula is C34H30ClF5N4O4S. The van der Waals surface area contributed by atoms with Crippen LogP contribution in [-0.4, -0.2) is 48.3 Å². The smallest absolute Gasteiger partial charge is 0.417 e. The van der Waals surface area contributed by atoms with Crippen molar-refractivity contribution in [1.29, 1.82) is 0 Å². The van der Waals surface area contributed by atoms with E-state index in [1.54, 1.807) is 42.5 Å². The van der Waals surface area contributed by atoms with Gasteiger partial charge in [-0.3, -0.25) is 9.20 Å². The van der Waals surface area contributed by atoms with Crippen LogP contribution in [0.25, 0.3) is 16.9 Å². The van der Waals surface area contributed by atoms with Crippen LogP contribution in [-0.2, 0) is 22.7 Å². The van der Waals surface area contributed by atoms with Gasteiger partial charge in [0.1, 0.15) is 17.3 Å². The Kier molecular flexibility index (Phi) is 10.3. The Labute approximate surface area is 284 Å². The van der Waals surface area contributed by atoms with E-state index < -0.39 is 50.4 Å². The topological polar surface area (TPSA) is 93.0 Å². The lowest BCUT2D eigenvalue weighted by molar-refractivity contribution is -0.137. The van der Waals surface area contributed by atoms with Gasteiger partial charge in [0.2, 0.25) is 10.0 Å². The van der Waals surface area contributed by atoms with Crippen LogP contribution in [0.4, 0.5) is 22.0 Å². The molecule has 2 aromatic heterocycles. The molecule has 3 aromatic carbocycles. The number of imidazole rings is 1. The average molecular weight is 721 g/mol. The summed E-state index contributed by atoms with van der Waals surface area (Å²) >= 11 is 6.00. The Hall–Kier alpha value is -4.53. The lowest BCUT2D eigenvalue weighted by Gasteiger charge is -2.25. The molecule has 0 fully saturated rings. The average Bonchev–Trinajstić information content (AvgIpc) is 3.43. The fraction of sp³-hybridized carbons (Fsp3) is 0.235. The number of halogens is 6. The van der Waals surface area contributed by atoms with Gasteiger partial charge < -0.3 is 9.64 Å². The molecule has 0 saturated carbocycles. The first-order valence-corrected chi connectivity index (χ1v) is 16.7. The second-order valence-corrected chi connectivity index (χ2v) is 13.5. The zero-order valence-electron chi connectivity index (χ0n) is 26.4. The van der Waals surface area contributed by atoms with Gasteiger partial charge in [0.15, 0.2) is 11.6 Å². The molecule has 0 saturated heterocycles. The molecule has 5 aromatic rings. The van der Waals surface area contributed by atoms with Crippen molar-refractivity contribution in [1.82, 2.24) is 19.0 Å². The number of hydrogen-bond donors (Lipinski definition) is 1. The quantitative estimate of drug-likeness (QED) is 0.142. The number of fused-ring (bicyclic) bond motifs is 1. The van der Waals surface area contributed by atoms with Crippen LogP contribution in [0.3, 0.4) is 0 Å². The van der Waals surface area contributed by atoms with Crippen LogP contribution in [0.1, 0.15) is 40.5 Å². The van der Waals surface area contributed by atoms with E-state index in [-0.39, 0.29) is 41.4 Å². The minimum Gasteiger partial charge on any atom is -0.482 e. The van der Waals surface area contributed by atoms with E-state index >= 15 is 0 Å². The van der Waals surface area contributed by atoms with E-state index in [1.165, 1.54) is 30.2 Å². The van der Waals surface area contributed by atoms with Gasteiger partial charge in [-0.25, -0.2) is 26.9 Å². The Bertz CT molecular complexity index is 2120. The van der Waals surface area contributed by atoms with Crippen molar-refractivity contribution in [2.75, 3.05) is 13.7 Å². The number of nitrogens with zero attached hydrogens (tertiary/aromatic N) is 3.